The van der Waals surface area contributed by atoms with Crippen LogP contribution in [-0.2, 0) is 0 Å². The zero-order valence-corrected chi connectivity index (χ0v) is 22.2. The van der Waals surface area contributed by atoms with E-state index in [1.54, 1.807) is 0 Å². The predicted octanol–water partition coefficient (Wildman–Crippen LogP) is 6.10. The van der Waals surface area contributed by atoms with Crippen molar-refractivity contribution >= 4 is 12.1 Å². The van der Waals surface area contributed by atoms with Crippen molar-refractivity contribution in [1.82, 2.24) is 20.4 Å². The Labute approximate surface area is 227 Å². The summed E-state index contributed by atoms with van der Waals surface area (Å²) in [6, 6.07) is 8.78. The number of piperidine rings is 1. The van der Waals surface area contributed by atoms with Crippen LogP contribution in [0.1, 0.15) is 74.5 Å². The first-order valence-corrected chi connectivity index (χ1v) is 14.1. The van der Waals surface area contributed by atoms with Gasteiger partial charge in [-0.2, -0.15) is 0 Å². The Morgan fingerprint density at radius 1 is 0.949 bits per heavy atom. The fraction of sp³-hybridized carbons (Fsp3) is 0.533. The highest BCUT2D eigenvalue weighted by molar-refractivity contribution is 5.95. The molecular weight excluding hydrogens is 505 g/mol. The summed E-state index contributed by atoms with van der Waals surface area (Å²) in [5.74, 6) is -1.72. The van der Waals surface area contributed by atoms with Crippen LogP contribution in [0.3, 0.4) is 0 Å². The monoisotopic (exact) mass is 542 g/mol. The fourth-order valence-corrected chi connectivity index (χ4v) is 6.73. The molecule has 0 bridgehead atoms. The first-order chi connectivity index (χ1) is 18.9. The number of carbonyl (C=O) groups is 2. The van der Waals surface area contributed by atoms with Crippen LogP contribution in [-0.4, -0.2) is 54.6 Å². The Hall–Kier alpha value is -3.07. The third-order valence-electron chi connectivity index (χ3n) is 8.83. The van der Waals surface area contributed by atoms with E-state index in [0.29, 0.717) is 24.6 Å². The number of hydrogen-bond donors (Lipinski definition) is 2. The van der Waals surface area contributed by atoms with Gasteiger partial charge in [-0.05, 0) is 93.0 Å². The SMILES string of the molecule is O=C(NCCCN1CCC(c2ccc(F)cc2)CC1)N1C(=O)NCC2(CCCCC2)C1c1ccc(F)c(F)c1. The van der Waals surface area contributed by atoms with Crippen molar-refractivity contribution in [3.63, 3.8) is 0 Å². The van der Waals surface area contributed by atoms with Gasteiger partial charge >= 0.3 is 12.1 Å². The highest BCUT2D eigenvalue weighted by Gasteiger charge is 2.51. The summed E-state index contributed by atoms with van der Waals surface area (Å²) in [5.41, 5.74) is 1.21. The number of halogens is 3. The van der Waals surface area contributed by atoms with Crippen LogP contribution in [0.15, 0.2) is 42.5 Å². The van der Waals surface area contributed by atoms with E-state index in [1.807, 2.05) is 12.1 Å². The number of nitrogens with one attached hydrogen (secondary N) is 2. The molecule has 1 atom stereocenters. The van der Waals surface area contributed by atoms with Crippen LogP contribution in [0.2, 0.25) is 0 Å². The molecule has 2 aromatic rings. The molecule has 1 saturated carbocycles. The largest absolute Gasteiger partial charge is 0.338 e. The lowest BCUT2D eigenvalue weighted by Gasteiger charge is -2.51. The Balaban J connectivity index is 1.18. The minimum atomic E-state index is -0.979. The lowest BCUT2D eigenvalue weighted by Crippen LogP contribution is -2.62. The molecule has 1 spiro atoms. The molecule has 5 rings (SSSR count). The third-order valence-corrected chi connectivity index (χ3v) is 8.83. The molecule has 2 aliphatic heterocycles. The molecule has 2 N–H and O–H groups in total. The Morgan fingerprint density at radius 3 is 2.33 bits per heavy atom. The maximum Gasteiger partial charge on any atom is 0.326 e. The second kappa shape index (κ2) is 12.0. The molecule has 2 saturated heterocycles. The average Bonchev–Trinajstić information content (AvgIpc) is 2.95. The van der Waals surface area contributed by atoms with E-state index >= 15 is 0 Å². The normalized spacial score (nSPS) is 22.1. The minimum absolute atomic E-state index is 0.217. The molecular formula is C30H37F3N4O2. The van der Waals surface area contributed by atoms with Crippen LogP contribution < -0.4 is 10.6 Å². The topological polar surface area (TPSA) is 64.7 Å². The number of hydrogen-bond acceptors (Lipinski definition) is 3. The molecule has 2 heterocycles. The highest BCUT2D eigenvalue weighted by Crippen LogP contribution is 2.50. The quantitative estimate of drug-likeness (QED) is 0.434. The molecule has 1 aliphatic carbocycles. The first kappa shape index (κ1) is 27.5. The molecule has 0 aromatic heterocycles. The van der Waals surface area contributed by atoms with Gasteiger partial charge in [0.05, 0.1) is 6.04 Å². The van der Waals surface area contributed by atoms with Gasteiger partial charge in [0.2, 0.25) is 0 Å². The van der Waals surface area contributed by atoms with E-state index in [-0.39, 0.29) is 5.82 Å². The summed E-state index contributed by atoms with van der Waals surface area (Å²) in [6.07, 6.45) is 7.33. The van der Waals surface area contributed by atoms with Gasteiger partial charge in [0.1, 0.15) is 5.82 Å². The summed E-state index contributed by atoms with van der Waals surface area (Å²) in [6.45, 7) is 3.50. The van der Waals surface area contributed by atoms with Gasteiger partial charge in [-0.15, -0.1) is 0 Å². The van der Waals surface area contributed by atoms with Gasteiger partial charge in [0, 0.05) is 18.5 Å². The number of imide groups is 1. The molecule has 9 heteroatoms. The highest BCUT2D eigenvalue weighted by atomic mass is 19.2. The number of urea groups is 2. The van der Waals surface area contributed by atoms with E-state index in [9.17, 15) is 22.8 Å². The van der Waals surface area contributed by atoms with Gasteiger partial charge in [-0.3, -0.25) is 0 Å². The molecule has 210 valence electrons. The van der Waals surface area contributed by atoms with Crippen LogP contribution in [0, 0.1) is 22.9 Å². The molecule has 1 unspecified atom stereocenters. The van der Waals surface area contributed by atoms with Gasteiger partial charge in [0.15, 0.2) is 11.6 Å². The Bertz CT molecular complexity index is 1160. The van der Waals surface area contributed by atoms with Crippen LogP contribution >= 0.6 is 0 Å². The van der Waals surface area contributed by atoms with Crippen molar-refractivity contribution in [3.8, 4) is 0 Å². The number of likely N-dealkylation sites (tertiary alicyclic amines) is 1. The molecule has 2 aromatic carbocycles. The van der Waals surface area contributed by atoms with Crippen LogP contribution in [0.25, 0.3) is 0 Å². The minimum Gasteiger partial charge on any atom is -0.338 e. The van der Waals surface area contributed by atoms with Crippen molar-refractivity contribution in [2.75, 3.05) is 32.7 Å². The summed E-state index contributed by atoms with van der Waals surface area (Å²) >= 11 is 0. The first-order valence-electron chi connectivity index (χ1n) is 14.1. The predicted molar refractivity (Wildman–Crippen MR) is 143 cm³/mol. The van der Waals surface area contributed by atoms with Gasteiger partial charge in [-0.25, -0.2) is 27.7 Å². The van der Waals surface area contributed by atoms with Crippen molar-refractivity contribution in [1.29, 1.82) is 0 Å². The number of amides is 4. The molecule has 6 nitrogen and oxygen atoms in total. The smallest absolute Gasteiger partial charge is 0.326 e. The fourth-order valence-electron chi connectivity index (χ4n) is 6.73. The van der Waals surface area contributed by atoms with Crippen molar-refractivity contribution < 1.29 is 22.8 Å². The summed E-state index contributed by atoms with van der Waals surface area (Å²) < 4.78 is 41.2. The van der Waals surface area contributed by atoms with E-state index < -0.39 is 35.2 Å². The number of benzene rings is 2. The van der Waals surface area contributed by atoms with E-state index in [1.165, 1.54) is 28.7 Å². The zero-order chi connectivity index (χ0) is 27.4. The number of carbonyl (C=O) groups excluding carboxylic acids is 2. The van der Waals surface area contributed by atoms with E-state index in [2.05, 4.69) is 15.5 Å². The summed E-state index contributed by atoms with van der Waals surface area (Å²) in [4.78, 5) is 29.9. The number of rotatable bonds is 6. The van der Waals surface area contributed by atoms with Gasteiger partial charge in [0.25, 0.3) is 0 Å². The maximum atomic E-state index is 14.3. The molecule has 3 fully saturated rings. The van der Waals surface area contributed by atoms with Crippen LogP contribution in [0.4, 0.5) is 22.8 Å². The Kier molecular flexibility index (Phi) is 8.45. The van der Waals surface area contributed by atoms with Crippen LogP contribution in [0.5, 0.6) is 0 Å². The molecule has 3 aliphatic rings. The number of nitrogens with zero attached hydrogens (tertiary/aromatic N) is 2. The van der Waals surface area contributed by atoms with Crippen molar-refractivity contribution in [2.24, 2.45) is 5.41 Å². The van der Waals surface area contributed by atoms with Gasteiger partial charge < -0.3 is 15.5 Å². The summed E-state index contributed by atoms with van der Waals surface area (Å²) in [5, 5.41) is 5.80. The van der Waals surface area contributed by atoms with Crippen molar-refractivity contribution in [3.05, 3.63) is 71.0 Å². The Morgan fingerprint density at radius 2 is 1.64 bits per heavy atom. The zero-order valence-electron chi connectivity index (χ0n) is 22.2. The summed E-state index contributed by atoms with van der Waals surface area (Å²) in [7, 11) is 0. The van der Waals surface area contributed by atoms with E-state index in [4.69, 9.17) is 0 Å². The second-order valence-electron chi connectivity index (χ2n) is 11.3. The maximum absolute atomic E-state index is 14.3. The molecule has 0 radical (unpaired) electrons. The third kappa shape index (κ3) is 6.08. The molecule has 39 heavy (non-hydrogen) atoms. The molecule has 4 amide bonds. The average molecular weight is 543 g/mol. The van der Waals surface area contributed by atoms with Gasteiger partial charge in [-0.1, -0.05) is 37.5 Å². The second-order valence-corrected chi connectivity index (χ2v) is 11.3. The van der Waals surface area contributed by atoms with Crippen molar-refractivity contribution in [2.45, 2.75) is 63.3 Å². The standard InChI is InChI=1S/C30H37F3N4O2/c31-24-8-5-21(6-9-24)22-11-17-36(18-12-22)16-4-15-34-28(38)37-27(23-7-10-25(32)26(33)19-23)30(20-35-29(37)39)13-2-1-3-14-30/h5-10,19,22,27H,1-4,11-18,20H2,(H,34,38)(H,35,39). The van der Waals surface area contributed by atoms with E-state index in [0.717, 1.165) is 83.1 Å². The lowest BCUT2D eigenvalue weighted by atomic mass is 9.65. The lowest BCUT2D eigenvalue weighted by molar-refractivity contribution is 0.0404.